The zero-order chi connectivity index (χ0) is 20.7. The molecule has 0 aliphatic heterocycles. The summed E-state index contributed by atoms with van der Waals surface area (Å²) in [4.78, 5) is 1.16. The van der Waals surface area contributed by atoms with E-state index in [1.54, 1.807) is 18.2 Å². The van der Waals surface area contributed by atoms with Crippen molar-refractivity contribution in [2.75, 3.05) is 0 Å². The molecule has 1 aromatic heterocycles. The molecule has 0 bridgehead atoms. The van der Waals surface area contributed by atoms with Gasteiger partial charge < -0.3 is 5.73 Å². The van der Waals surface area contributed by atoms with E-state index in [1.807, 2.05) is 0 Å². The summed E-state index contributed by atoms with van der Waals surface area (Å²) in [6, 6.07) is 9.95. The van der Waals surface area contributed by atoms with Gasteiger partial charge in [0.05, 0.1) is 18.2 Å². The van der Waals surface area contributed by atoms with E-state index >= 15 is 0 Å². The van der Waals surface area contributed by atoms with Gasteiger partial charge in [-0.3, -0.25) is 0 Å². The second kappa shape index (κ2) is 7.04. The molecule has 2 N–H and O–H groups in total. The highest BCUT2D eigenvalue weighted by Crippen LogP contribution is 2.35. The monoisotopic (exact) mass is 423 g/mol. The van der Waals surface area contributed by atoms with E-state index in [1.165, 1.54) is 17.8 Å². The number of fused-ring (bicyclic) bond motifs is 1. The Morgan fingerprint density at radius 1 is 1.21 bits per heavy atom. The van der Waals surface area contributed by atoms with Crippen molar-refractivity contribution in [2.24, 2.45) is 5.73 Å². The average molecular weight is 424 g/mol. The minimum atomic E-state index is -4.57. The van der Waals surface area contributed by atoms with Crippen molar-refractivity contribution >= 4 is 39.8 Å². The van der Waals surface area contributed by atoms with E-state index in [0.717, 1.165) is 12.1 Å². The summed E-state index contributed by atoms with van der Waals surface area (Å²) < 4.78 is 39.6. The quantitative estimate of drug-likeness (QED) is 0.635. The Bertz CT molecular complexity index is 1120. The summed E-state index contributed by atoms with van der Waals surface area (Å²) in [5.41, 5.74) is 4.69. The third kappa shape index (κ3) is 3.79. The van der Waals surface area contributed by atoms with E-state index in [2.05, 4.69) is 16.3 Å². The average Bonchev–Trinajstić information content (AvgIpc) is 3.01. The number of rotatable bonds is 4. The van der Waals surface area contributed by atoms with Crippen LogP contribution in [-0.4, -0.2) is 20.0 Å². The molecule has 0 saturated carbocycles. The lowest BCUT2D eigenvalue weighted by atomic mass is 9.80. The molecule has 144 valence electrons. The largest absolute Gasteiger partial charge is 0.416 e. The molecule has 3 rings (SSSR count). The first-order valence-electron chi connectivity index (χ1n) is 7.97. The predicted octanol–water partition coefficient (Wildman–Crippen LogP) is 4.22. The number of nitriles is 1. The predicted molar refractivity (Wildman–Crippen MR) is 103 cm³/mol. The van der Waals surface area contributed by atoms with Crippen molar-refractivity contribution in [3.63, 3.8) is 0 Å². The number of alkyl halides is 3. The van der Waals surface area contributed by atoms with Crippen LogP contribution in [0.15, 0.2) is 36.4 Å². The van der Waals surface area contributed by atoms with Crippen molar-refractivity contribution in [3.05, 3.63) is 58.1 Å². The highest BCUT2D eigenvalue weighted by atomic mass is 35.5. The van der Waals surface area contributed by atoms with E-state index in [0.29, 0.717) is 16.1 Å². The Balaban J connectivity index is 2.11. The molecular weight excluding hydrogens is 411 g/mol. The van der Waals surface area contributed by atoms with Gasteiger partial charge in [-0.15, -0.1) is 0 Å². The molecule has 0 fully saturated rings. The Kier molecular flexibility index (Phi) is 5.04. The summed E-state index contributed by atoms with van der Waals surface area (Å²) in [5.74, 6) is 0. The zero-order valence-electron chi connectivity index (χ0n) is 14.5. The molecule has 3 aromatic rings. The lowest BCUT2D eigenvalue weighted by Gasteiger charge is -2.25. The SMILES string of the molecule is CC(C#N)(Cn1nc2ccc(Cl)cc2n1)c1cc(C(F)(F)F)ccc1C(N)=S. The summed E-state index contributed by atoms with van der Waals surface area (Å²) in [6.45, 7) is 1.39. The number of nitrogens with two attached hydrogens (primary N) is 1. The minimum absolute atomic E-state index is 0.0664. The normalized spacial score (nSPS) is 13.9. The molecule has 10 heteroatoms. The summed E-state index contributed by atoms with van der Waals surface area (Å²) in [5, 5.41) is 18.8. The van der Waals surface area contributed by atoms with Crippen molar-refractivity contribution in [3.8, 4) is 6.07 Å². The van der Waals surface area contributed by atoms with Gasteiger partial charge in [-0.25, -0.2) is 0 Å². The Morgan fingerprint density at radius 3 is 2.50 bits per heavy atom. The van der Waals surface area contributed by atoms with Crippen LogP contribution in [0.3, 0.4) is 0 Å². The maximum Gasteiger partial charge on any atom is 0.416 e. The van der Waals surface area contributed by atoms with Gasteiger partial charge in [-0.2, -0.15) is 33.4 Å². The third-order valence-corrected chi connectivity index (χ3v) is 4.75. The van der Waals surface area contributed by atoms with Crippen LogP contribution < -0.4 is 5.73 Å². The van der Waals surface area contributed by atoms with E-state index in [9.17, 15) is 18.4 Å². The van der Waals surface area contributed by atoms with E-state index in [-0.39, 0.29) is 22.7 Å². The first kappa shape index (κ1) is 20.0. The molecule has 0 spiro atoms. The molecule has 1 heterocycles. The zero-order valence-corrected chi connectivity index (χ0v) is 16.0. The molecule has 28 heavy (non-hydrogen) atoms. The molecule has 1 atom stereocenters. The highest BCUT2D eigenvalue weighted by Gasteiger charge is 2.36. The minimum Gasteiger partial charge on any atom is -0.389 e. The molecule has 2 aromatic carbocycles. The van der Waals surface area contributed by atoms with E-state index < -0.39 is 17.2 Å². The molecule has 0 amide bonds. The van der Waals surface area contributed by atoms with Crippen LogP contribution in [0.1, 0.15) is 23.6 Å². The van der Waals surface area contributed by atoms with Gasteiger partial charge in [0.2, 0.25) is 0 Å². The van der Waals surface area contributed by atoms with Crippen molar-refractivity contribution in [2.45, 2.75) is 25.1 Å². The van der Waals surface area contributed by atoms with Gasteiger partial charge in [-0.1, -0.05) is 29.9 Å². The lowest BCUT2D eigenvalue weighted by Crippen LogP contribution is -2.31. The maximum atomic E-state index is 13.2. The Labute approximate surface area is 168 Å². The smallest absolute Gasteiger partial charge is 0.389 e. The number of thiocarbonyl (C=S) groups is 1. The maximum absolute atomic E-state index is 13.2. The number of benzene rings is 2. The highest BCUT2D eigenvalue weighted by molar-refractivity contribution is 7.80. The fourth-order valence-corrected chi connectivity index (χ4v) is 3.20. The van der Waals surface area contributed by atoms with E-state index in [4.69, 9.17) is 29.6 Å². The third-order valence-electron chi connectivity index (χ3n) is 4.30. The molecule has 0 radical (unpaired) electrons. The molecule has 0 aliphatic carbocycles. The van der Waals surface area contributed by atoms with Crippen LogP contribution in [-0.2, 0) is 18.1 Å². The molecule has 0 aliphatic rings. The van der Waals surface area contributed by atoms with Crippen LogP contribution in [0, 0.1) is 11.3 Å². The Hall–Kier alpha value is -2.70. The van der Waals surface area contributed by atoms with Crippen LogP contribution >= 0.6 is 23.8 Å². The van der Waals surface area contributed by atoms with Crippen molar-refractivity contribution < 1.29 is 13.2 Å². The topological polar surface area (TPSA) is 80.5 Å². The molecular formula is C18H13ClF3N5S. The first-order chi connectivity index (χ1) is 13.0. The Morgan fingerprint density at radius 2 is 1.89 bits per heavy atom. The molecule has 5 nitrogen and oxygen atoms in total. The fourth-order valence-electron chi connectivity index (χ4n) is 2.86. The molecule has 0 saturated heterocycles. The van der Waals surface area contributed by atoms with Gasteiger partial charge in [0.25, 0.3) is 0 Å². The summed E-state index contributed by atoms with van der Waals surface area (Å²) in [7, 11) is 0. The van der Waals surface area contributed by atoms with Crippen molar-refractivity contribution in [1.82, 2.24) is 15.0 Å². The van der Waals surface area contributed by atoms with Crippen LogP contribution in [0.4, 0.5) is 13.2 Å². The fraction of sp³-hybridized carbons (Fsp3) is 0.222. The van der Waals surface area contributed by atoms with Crippen LogP contribution in [0.25, 0.3) is 11.0 Å². The number of hydrogen-bond acceptors (Lipinski definition) is 4. The second-order valence-electron chi connectivity index (χ2n) is 6.43. The van der Waals surface area contributed by atoms with Crippen LogP contribution in [0.2, 0.25) is 5.02 Å². The second-order valence-corrected chi connectivity index (χ2v) is 7.31. The molecule has 1 unspecified atom stereocenters. The van der Waals surface area contributed by atoms with Gasteiger partial charge in [0.1, 0.15) is 21.4 Å². The summed E-state index contributed by atoms with van der Waals surface area (Å²) >= 11 is 10.9. The summed E-state index contributed by atoms with van der Waals surface area (Å²) in [6.07, 6.45) is -4.57. The number of hydrogen-bond donors (Lipinski definition) is 1. The van der Waals surface area contributed by atoms with Gasteiger partial charge >= 0.3 is 6.18 Å². The number of aromatic nitrogens is 3. The van der Waals surface area contributed by atoms with Crippen LogP contribution in [0.5, 0.6) is 0 Å². The van der Waals surface area contributed by atoms with Gasteiger partial charge in [-0.05, 0) is 42.8 Å². The lowest BCUT2D eigenvalue weighted by molar-refractivity contribution is -0.137. The first-order valence-corrected chi connectivity index (χ1v) is 8.75. The van der Waals surface area contributed by atoms with Crippen molar-refractivity contribution in [1.29, 1.82) is 5.26 Å². The number of halogens is 4. The number of nitrogens with zero attached hydrogens (tertiary/aromatic N) is 4. The van der Waals surface area contributed by atoms with Gasteiger partial charge in [0, 0.05) is 10.6 Å². The standard InChI is InChI=1S/C18H13ClF3N5S/c1-17(8-23,9-27-25-14-5-3-11(19)7-15(14)26-27)13-6-10(18(20,21)22)2-4-12(13)16(24)28/h2-7H,9H2,1H3,(H2,24,28). The van der Waals surface area contributed by atoms with Gasteiger partial charge in [0.15, 0.2) is 0 Å².